The first-order chi connectivity index (χ1) is 16.1. The number of anilines is 2. The minimum atomic E-state index is -0.834. The number of aliphatic hydroxyl groups is 1. The second-order valence-electron chi connectivity index (χ2n) is 9.10. The molecule has 0 aliphatic heterocycles. The highest BCUT2D eigenvalue weighted by Crippen LogP contribution is 2.31. The van der Waals surface area contributed by atoms with Crippen LogP contribution in [-0.4, -0.2) is 40.2 Å². The highest BCUT2D eigenvalue weighted by atomic mass is 19.1. The Morgan fingerprint density at radius 2 is 1.76 bits per heavy atom. The van der Waals surface area contributed by atoms with Gasteiger partial charge in [-0.15, -0.1) is 0 Å². The second-order valence-corrected chi connectivity index (χ2v) is 9.10. The number of benzene rings is 1. The van der Waals surface area contributed by atoms with Crippen molar-refractivity contribution in [2.24, 2.45) is 7.05 Å². The Kier molecular flexibility index (Phi) is 6.22. The predicted octanol–water partition coefficient (Wildman–Crippen LogP) is 4.44. The molecule has 0 radical (unpaired) electrons. The molecule has 178 valence electrons. The summed E-state index contributed by atoms with van der Waals surface area (Å²) in [6.45, 7) is 9.53. The summed E-state index contributed by atoms with van der Waals surface area (Å²) < 4.78 is 17.0. The van der Waals surface area contributed by atoms with E-state index in [1.54, 1.807) is 35.3 Å². The van der Waals surface area contributed by atoms with E-state index in [4.69, 9.17) is 0 Å². The van der Waals surface area contributed by atoms with E-state index in [0.29, 0.717) is 23.9 Å². The van der Waals surface area contributed by atoms with Crippen molar-refractivity contribution in [2.45, 2.75) is 53.1 Å². The van der Waals surface area contributed by atoms with Crippen molar-refractivity contribution in [1.29, 1.82) is 0 Å². The molecule has 4 aromatic rings. The third kappa shape index (κ3) is 4.70. The van der Waals surface area contributed by atoms with Crippen LogP contribution in [0.25, 0.3) is 17.1 Å². The van der Waals surface area contributed by atoms with Crippen molar-refractivity contribution in [3.63, 3.8) is 0 Å². The zero-order valence-electron chi connectivity index (χ0n) is 20.4. The summed E-state index contributed by atoms with van der Waals surface area (Å²) in [7, 11) is 1.87. The second kappa shape index (κ2) is 8.98. The van der Waals surface area contributed by atoms with Crippen LogP contribution in [-0.2, 0) is 19.9 Å². The summed E-state index contributed by atoms with van der Waals surface area (Å²) in [6.07, 6.45) is 2.72. The van der Waals surface area contributed by atoms with Gasteiger partial charge in [0.25, 0.3) is 0 Å². The summed E-state index contributed by atoms with van der Waals surface area (Å²) >= 11 is 0. The fourth-order valence-corrected chi connectivity index (χ4v) is 4.21. The molecule has 0 fully saturated rings. The third-order valence-electron chi connectivity index (χ3n) is 5.78. The van der Waals surface area contributed by atoms with E-state index in [-0.39, 0.29) is 5.82 Å². The first-order valence-corrected chi connectivity index (χ1v) is 11.3. The van der Waals surface area contributed by atoms with E-state index in [2.05, 4.69) is 32.4 Å². The molecule has 2 N–H and O–H groups in total. The zero-order valence-corrected chi connectivity index (χ0v) is 20.4. The van der Waals surface area contributed by atoms with Gasteiger partial charge in [-0.25, -0.2) is 19.0 Å². The minimum absolute atomic E-state index is 0.273. The summed E-state index contributed by atoms with van der Waals surface area (Å²) in [5.74, 6) is 1.61. The van der Waals surface area contributed by atoms with Crippen LogP contribution >= 0.6 is 0 Å². The van der Waals surface area contributed by atoms with Crippen LogP contribution in [0.15, 0.2) is 36.7 Å². The van der Waals surface area contributed by atoms with E-state index in [9.17, 15) is 9.50 Å². The fourth-order valence-electron chi connectivity index (χ4n) is 4.21. The van der Waals surface area contributed by atoms with Gasteiger partial charge in [0.05, 0.1) is 17.0 Å². The number of aryl methyl sites for hydroxylation is 2. The Balaban J connectivity index is 1.68. The van der Waals surface area contributed by atoms with E-state index in [1.165, 1.54) is 18.5 Å². The van der Waals surface area contributed by atoms with Crippen molar-refractivity contribution in [2.75, 3.05) is 5.32 Å². The summed E-state index contributed by atoms with van der Waals surface area (Å²) in [5.41, 5.74) is 4.78. The van der Waals surface area contributed by atoms with Crippen LogP contribution in [0.1, 0.15) is 43.3 Å². The van der Waals surface area contributed by atoms with Crippen LogP contribution in [0.3, 0.4) is 0 Å². The van der Waals surface area contributed by atoms with Gasteiger partial charge in [0.2, 0.25) is 0 Å². The number of hydrogen-bond acceptors (Lipinski definition) is 6. The normalized spacial score (nSPS) is 11.8. The van der Waals surface area contributed by atoms with Crippen molar-refractivity contribution in [3.05, 3.63) is 65.0 Å². The SMILES string of the molecule is CCc1c(Nc2cc(-n3nc(C)c(CC(C)(C)O)c3C)ncn2)nn(C)c1-c1ccc(F)cc1. The molecular formula is C25H30FN7O. The topological polar surface area (TPSA) is 93.7 Å². The van der Waals surface area contributed by atoms with E-state index >= 15 is 0 Å². The maximum absolute atomic E-state index is 13.4. The summed E-state index contributed by atoms with van der Waals surface area (Å²) in [5, 5.41) is 22.9. The molecule has 0 unspecified atom stereocenters. The molecule has 1 aromatic carbocycles. The van der Waals surface area contributed by atoms with Crippen molar-refractivity contribution >= 4 is 11.6 Å². The van der Waals surface area contributed by atoms with Gasteiger partial charge in [-0.2, -0.15) is 10.2 Å². The first-order valence-electron chi connectivity index (χ1n) is 11.3. The Morgan fingerprint density at radius 1 is 1.06 bits per heavy atom. The van der Waals surface area contributed by atoms with Crippen LogP contribution in [0.2, 0.25) is 0 Å². The van der Waals surface area contributed by atoms with Gasteiger partial charge in [-0.05, 0) is 63.9 Å². The van der Waals surface area contributed by atoms with E-state index in [0.717, 1.165) is 40.2 Å². The number of halogens is 1. The Hall–Kier alpha value is -3.59. The van der Waals surface area contributed by atoms with Crippen LogP contribution in [0.5, 0.6) is 0 Å². The predicted molar refractivity (Wildman–Crippen MR) is 130 cm³/mol. The maximum Gasteiger partial charge on any atom is 0.159 e. The van der Waals surface area contributed by atoms with Gasteiger partial charge >= 0.3 is 0 Å². The van der Waals surface area contributed by atoms with E-state index < -0.39 is 5.60 Å². The number of rotatable bonds is 7. The lowest BCUT2D eigenvalue weighted by Crippen LogP contribution is -2.22. The van der Waals surface area contributed by atoms with Gasteiger partial charge in [0.15, 0.2) is 11.6 Å². The minimum Gasteiger partial charge on any atom is -0.390 e. The smallest absolute Gasteiger partial charge is 0.159 e. The van der Waals surface area contributed by atoms with Gasteiger partial charge < -0.3 is 10.4 Å². The number of aromatic nitrogens is 6. The van der Waals surface area contributed by atoms with Gasteiger partial charge in [-0.1, -0.05) is 6.92 Å². The number of nitrogens with zero attached hydrogens (tertiary/aromatic N) is 6. The fraction of sp³-hybridized carbons (Fsp3) is 0.360. The molecule has 0 saturated carbocycles. The average Bonchev–Trinajstić information content (AvgIpc) is 3.23. The van der Waals surface area contributed by atoms with Crippen LogP contribution in [0, 0.1) is 19.7 Å². The lowest BCUT2D eigenvalue weighted by atomic mass is 9.97. The zero-order chi connectivity index (χ0) is 24.6. The maximum atomic E-state index is 13.4. The average molecular weight is 464 g/mol. The molecule has 0 saturated heterocycles. The molecule has 0 aliphatic carbocycles. The first kappa shape index (κ1) is 23.6. The summed E-state index contributed by atoms with van der Waals surface area (Å²) in [4.78, 5) is 8.78. The monoisotopic (exact) mass is 463 g/mol. The molecular weight excluding hydrogens is 433 g/mol. The molecule has 0 aliphatic rings. The molecule has 0 spiro atoms. The molecule has 8 nitrogen and oxygen atoms in total. The van der Waals surface area contributed by atoms with Crippen molar-refractivity contribution in [3.8, 4) is 17.1 Å². The highest BCUT2D eigenvalue weighted by molar-refractivity contribution is 5.72. The van der Waals surface area contributed by atoms with E-state index in [1.807, 2.05) is 27.0 Å². The number of hydrogen-bond donors (Lipinski definition) is 2. The third-order valence-corrected chi connectivity index (χ3v) is 5.78. The van der Waals surface area contributed by atoms with Gasteiger partial charge in [0, 0.05) is 36.4 Å². The van der Waals surface area contributed by atoms with Crippen molar-refractivity contribution in [1.82, 2.24) is 29.5 Å². The number of nitrogens with one attached hydrogen (secondary N) is 1. The molecule has 3 aromatic heterocycles. The summed E-state index contributed by atoms with van der Waals surface area (Å²) in [6, 6.07) is 8.23. The highest BCUT2D eigenvalue weighted by Gasteiger charge is 2.22. The van der Waals surface area contributed by atoms with Crippen molar-refractivity contribution < 1.29 is 9.50 Å². The lowest BCUT2D eigenvalue weighted by molar-refractivity contribution is 0.0806. The molecule has 3 heterocycles. The van der Waals surface area contributed by atoms with Crippen LogP contribution < -0.4 is 5.32 Å². The molecule has 0 atom stereocenters. The quantitative estimate of drug-likeness (QED) is 0.421. The standard InChI is InChI=1S/C25H30FN7O/c1-7-19-23(17-8-10-18(26)11-9-17)32(6)31-24(19)29-21-12-22(28-14-27-21)33-16(3)20(15(2)30-33)13-25(4,5)34/h8-12,14,34H,7,13H2,1-6H3,(H,27,28,29,31). The molecule has 9 heteroatoms. The Bertz CT molecular complexity index is 1320. The largest absolute Gasteiger partial charge is 0.390 e. The molecule has 0 bridgehead atoms. The molecule has 4 rings (SSSR count). The Labute approximate surface area is 198 Å². The molecule has 34 heavy (non-hydrogen) atoms. The lowest BCUT2D eigenvalue weighted by Gasteiger charge is -2.17. The molecule has 0 amide bonds. The van der Waals surface area contributed by atoms with Crippen LogP contribution in [0.4, 0.5) is 16.0 Å². The van der Waals surface area contributed by atoms with Gasteiger partial charge in [-0.3, -0.25) is 4.68 Å². The van der Waals surface area contributed by atoms with Gasteiger partial charge in [0.1, 0.15) is 18.0 Å². The Morgan fingerprint density at radius 3 is 2.41 bits per heavy atom.